The van der Waals surface area contributed by atoms with Gasteiger partial charge in [0.25, 0.3) is 0 Å². The molecule has 0 aliphatic carbocycles. The Labute approximate surface area is 84.2 Å². The first-order valence-corrected chi connectivity index (χ1v) is 5.11. The highest BCUT2D eigenvalue weighted by atomic mass is 16.6. The van der Waals surface area contributed by atoms with Crippen LogP contribution in [-0.2, 0) is 9.47 Å². The summed E-state index contributed by atoms with van der Waals surface area (Å²) in [5.74, 6) is 0. The third kappa shape index (κ3) is 1.85. The van der Waals surface area contributed by atoms with E-state index >= 15 is 0 Å². The summed E-state index contributed by atoms with van der Waals surface area (Å²) in [5.41, 5.74) is -0.419. The SMILES string of the molecule is CC(C)(C)OC(=O)N1CCC2CC1O2. The van der Waals surface area contributed by atoms with Gasteiger partial charge >= 0.3 is 6.09 Å². The Morgan fingerprint density at radius 1 is 1.50 bits per heavy atom. The summed E-state index contributed by atoms with van der Waals surface area (Å²) in [7, 11) is 0. The zero-order valence-corrected chi connectivity index (χ0v) is 8.95. The van der Waals surface area contributed by atoms with E-state index in [-0.39, 0.29) is 12.3 Å². The molecule has 0 aromatic heterocycles. The van der Waals surface area contributed by atoms with Gasteiger partial charge in [0.2, 0.25) is 0 Å². The van der Waals surface area contributed by atoms with Gasteiger partial charge in [-0.3, -0.25) is 4.90 Å². The molecule has 1 amide bonds. The summed E-state index contributed by atoms with van der Waals surface area (Å²) >= 11 is 0. The normalized spacial score (nSPS) is 30.9. The molecular weight excluding hydrogens is 182 g/mol. The van der Waals surface area contributed by atoms with Crippen LogP contribution in [0.2, 0.25) is 0 Å². The maximum Gasteiger partial charge on any atom is 0.412 e. The molecule has 14 heavy (non-hydrogen) atoms. The number of ether oxygens (including phenoxy) is 2. The Hall–Kier alpha value is -0.770. The maximum absolute atomic E-state index is 11.7. The average Bonchev–Trinajstić information content (AvgIpc) is 1.99. The lowest BCUT2D eigenvalue weighted by Crippen LogP contribution is -2.59. The zero-order chi connectivity index (χ0) is 10.3. The van der Waals surface area contributed by atoms with E-state index < -0.39 is 5.60 Å². The molecule has 0 N–H and O–H groups in total. The van der Waals surface area contributed by atoms with E-state index in [4.69, 9.17) is 9.47 Å². The number of rotatable bonds is 0. The van der Waals surface area contributed by atoms with Gasteiger partial charge in [0, 0.05) is 13.0 Å². The van der Waals surface area contributed by atoms with Crippen LogP contribution in [0, 0.1) is 0 Å². The second-order valence-electron chi connectivity index (χ2n) is 4.91. The molecule has 3 aliphatic rings. The van der Waals surface area contributed by atoms with Crippen molar-refractivity contribution in [3.05, 3.63) is 0 Å². The Kier molecular flexibility index (Phi) is 2.18. The number of amides is 1. The molecule has 2 unspecified atom stereocenters. The fraction of sp³-hybridized carbons (Fsp3) is 0.900. The van der Waals surface area contributed by atoms with Crippen LogP contribution in [0.5, 0.6) is 0 Å². The standard InChI is InChI=1S/C10H17NO3/c1-10(2,3)14-9(12)11-5-4-7-6-8(11)13-7/h7-8H,4-6H2,1-3H3. The van der Waals surface area contributed by atoms with Crippen molar-refractivity contribution in [3.63, 3.8) is 0 Å². The molecule has 80 valence electrons. The minimum Gasteiger partial charge on any atom is -0.444 e. The first-order valence-electron chi connectivity index (χ1n) is 5.11. The lowest BCUT2D eigenvalue weighted by molar-refractivity contribution is -0.223. The largest absolute Gasteiger partial charge is 0.444 e. The van der Waals surface area contributed by atoms with Gasteiger partial charge in [0.1, 0.15) is 11.8 Å². The van der Waals surface area contributed by atoms with Crippen LogP contribution in [0.25, 0.3) is 0 Å². The van der Waals surface area contributed by atoms with Crippen LogP contribution < -0.4 is 0 Å². The molecule has 3 rings (SSSR count). The first kappa shape index (κ1) is 9.77. The van der Waals surface area contributed by atoms with Crippen LogP contribution in [-0.4, -0.2) is 35.5 Å². The molecule has 0 spiro atoms. The van der Waals surface area contributed by atoms with E-state index in [9.17, 15) is 4.79 Å². The fourth-order valence-electron chi connectivity index (χ4n) is 1.78. The summed E-state index contributed by atoms with van der Waals surface area (Å²) in [6, 6.07) is 0. The Morgan fingerprint density at radius 3 is 2.57 bits per heavy atom. The molecule has 3 saturated heterocycles. The van der Waals surface area contributed by atoms with Crippen molar-refractivity contribution >= 4 is 6.09 Å². The summed E-state index contributed by atoms with van der Waals surface area (Å²) < 4.78 is 10.7. The molecule has 3 heterocycles. The minimum absolute atomic E-state index is 0.0244. The predicted octanol–water partition coefficient (Wildman–Crippen LogP) is 1.74. The van der Waals surface area contributed by atoms with E-state index in [1.165, 1.54) is 0 Å². The third-order valence-electron chi connectivity index (χ3n) is 2.48. The van der Waals surface area contributed by atoms with Crippen molar-refractivity contribution in [2.45, 2.75) is 51.5 Å². The second kappa shape index (κ2) is 3.12. The van der Waals surface area contributed by atoms with Gasteiger partial charge < -0.3 is 9.47 Å². The van der Waals surface area contributed by atoms with E-state index in [1.54, 1.807) is 4.90 Å². The highest BCUT2D eigenvalue weighted by Gasteiger charge is 2.43. The quantitative estimate of drug-likeness (QED) is 0.596. The third-order valence-corrected chi connectivity index (χ3v) is 2.48. The molecule has 2 bridgehead atoms. The highest BCUT2D eigenvalue weighted by molar-refractivity contribution is 5.68. The number of piperidine rings is 1. The van der Waals surface area contributed by atoms with Crippen LogP contribution in [0.15, 0.2) is 0 Å². The van der Waals surface area contributed by atoms with E-state index in [1.807, 2.05) is 20.8 Å². The molecule has 3 fully saturated rings. The number of hydrogen-bond acceptors (Lipinski definition) is 3. The molecule has 4 heteroatoms. The lowest BCUT2D eigenvalue weighted by atomic mass is 10.0. The van der Waals surface area contributed by atoms with Crippen molar-refractivity contribution in [3.8, 4) is 0 Å². The number of fused-ring (bicyclic) bond motifs is 2. The zero-order valence-electron chi connectivity index (χ0n) is 8.95. The predicted molar refractivity (Wildman–Crippen MR) is 50.8 cm³/mol. The molecule has 3 aliphatic heterocycles. The van der Waals surface area contributed by atoms with Gasteiger partial charge in [0.05, 0.1) is 6.10 Å². The van der Waals surface area contributed by atoms with Crippen molar-refractivity contribution in [2.24, 2.45) is 0 Å². The highest BCUT2D eigenvalue weighted by Crippen LogP contribution is 2.32. The van der Waals surface area contributed by atoms with Gasteiger partial charge in [0.15, 0.2) is 0 Å². The van der Waals surface area contributed by atoms with Gasteiger partial charge in [-0.2, -0.15) is 0 Å². The van der Waals surface area contributed by atoms with Crippen LogP contribution in [0.4, 0.5) is 4.79 Å². The number of hydrogen-bond donors (Lipinski definition) is 0. The molecular formula is C10H17NO3. The van der Waals surface area contributed by atoms with Crippen molar-refractivity contribution < 1.29 is 14.3 Å². The van der Waals surface area contributed by atoms with E-state index in [2.05, 4.69) is 0 Å². The second-order valence-corrected chi connectivity index (χ2v) is 4.91. The topological polar surface area (TPSA) is 38.8 Å². The molecule has 0 aromatic rings. The number of carbonyl (C=O) groups is 1. The van der Waals surface area contributed by atoms with Gasteiger partial charge in [-0.25, -0.2) is 4.79 Å². The van der Waals surface area contributed by atoms with Crippen molar-refractivity contribution in [1.82, 2.24) is 4.90 Å². The monoisotopic (exact) mass is 199 g/mol. The average molecular weight is 199 g/mol. The summed E-state index contributed by atoms with van der Waals surface area (Å²) in [4.78, 5) is 13.4. The molecule has 2 atom stereocenters. The fourth-order valence-corrected chi connectivity index (χ4v) is 1.78. The molecule has 4 nitrogen and oxygen atoms in total. The molecule has 0 aromatic carbocycles. The van der Waals surface area contributed by atoms with Crippen molar-refractivity contribution in [2.75, 3.05) is 6.54 Å². The van der Waals surface area contributed by atoms with Gasteiger partial charge in [-0.1, -0.05) is 0 Å². The summed E-state index contributed by atoms with van der Waals surface area (Å²) in [6.07, 6.45) is 2.03. The Bertz CT molecular complexity index is 237. The molecule has 0 radical (unpaired) electrons. The first-order chi connectivity index (χ1) is 6.46. The number of carbonyl (C=O) groups excluding carboxylic acids is 1. The smallest absolute Gasteiger partial charge is 0.412 e. The number of nitrogens with zero attached hydrogens (tertiary/aromatic N) is 1. The Morgan fingerprint density at radius 2 is 2.14 bits per heavy atom. The van der Waals surface area contributed by atoms with Crippen molar-refractivity contribution in [1.29, 1.82) is 0 Å². The van der Waals surface area contributed by atoms with Crippen LogP contribution in [0.3, 0.4) is 0 Å². The summed E-state index contributed by atoms with van der Waals surface area (Å²) in [6.45, 7) is 6.39. The van der Waals surface area contributed by atoms with Gasteiger partial charge in [-0.05, 0) is 27.2 Å². The lowest BCUT2D eigenvalue weighted by Gasteiger charge is -2.48. The Balaban J connectivity index is 1.91. The van der Waals surface area contributed by atoms with E-state index in [0.717, 1.165) is 19.4 Å². The summed E-state index contributed by atoms with van der Waals surface area (Å²) in [5, 5.41) is 0. The minimum atomic E-state index is -0.419. The van der Waals surface area contributed by atoms with Crippen LogP contribution in [0.1, 0.15) is 33.6 Å². The van der Waals surface area contributed by atoms with E-state index in [0.29, 0.717) is 6.10 Å². The maximum atomic E-state index is 11.7. The molecule has 0 saturated carbocycles. The van der Waals surface area contributed by atoms with Gasteiger partial charge in [-0.15, -0.1) is 0 Å². The van der Waals surface area contributed by atoms with Crippen LogP contribution >= 0.6 is 0 Å².